The first-order valence-corrected chi connectivity index (χ1v) is 7.75. The fraction of sp³-hybridized carbons (Fsp3) is 0.533. The number of nitrogens with zero attached hydrogens (tertiary/aromatic N) is 1. The predicted molar refractivity (Wildman–Crippen MR) is 82.8 cm³/mol. The van der Waals surface area contributed by atoms with Crippen LogP contribution in [0.2, 0.25) is 0 Å². The average Bonchev–Trinajstić information content (AvgIpc) is 2.45. The molecular formula is C15H21BrN2O2. The number of carbonyl (C=O) groups excluding carboxylic acids is 1. The first kappa shape index (κ1) is 15.3. The van der Waals surface area contributed by atoms with Gasteiger partial charge in [-0.15, -0.1) is 0 Å². The van der Waals surface area contributed by atoms with Gasteiger partial charge in [0.15, 0.2) is 0 Å². The van der Waals surface area contributed by atoms with Crippen LogP contribution in [0.1, 0.15) is 24.8 Å². The molecular weight excluding hydrogens is 320 g/mol. The summed E-state index contributed by atoms with van der Waals surface area (Å²) in [5.74, 6) is 1.01. The van der Waals surface area contributed by atoms with Crippen LogP contribution in [0.15, 0.2) is 22.7 Å². The molecule has 1 aliphatic heterocycles. The highest BCUT2D eigenvalue weighted by molar-refractivity contribution is 9.10. The second kappa shape index (κ2) is 7.09. The van der Waals surface area contributed by atoms with Crippen molar-refractivity contribution in [2.45, 2.75) is 31.7 Å². The Kier molecular flexibility index (Phi) is 5.43. The molecule has 0 aliphatic carbocycles. The normalized spacial score (nSPS) is 18.9. The van der Waals surface area contributed by atoms with Gasteiger partial charge in [0.05, 0.1) is 11.6 Å². The molecule has 1 aromatic carbocycles. The summed E-state index contributed by atoms with van der Waals surface area (Å²) in [6.07, 6.45) is 3.31. The summed E-state index contributed by atoms with van der Waals surface area (Å²) in [4.78, 5) is 14.1. The van der Waals surface area contributed by atoms with Gasteiger partial charge in [0, 0.05) is 25.6 Å². The van der Waals surface area contributed by atoms with Crippen molar-refractivity contribution in [3.8, 4) is 5.75 Å². The Morgan fingerprint density at radius 1 is 1.55 bits per heavy atom. The number of amides is 1. The van der Waals surface area contributed by atoms with Gasteiger partial charge in [-0.2, -0.15) is 0 Å². The lowest BCUT2D eigenvalue weighted by molar-refractivity contribution is -0.132. The van der Waals surface area contributed by atoms with Gasteiger partial charge in [0.2, 0.25) is 5.91 Å². The molecule has 0 bridgehead atoms. The first-order valence-electron chi connectivity index (χ1n) is 6.96. The molecule has 1 unspecified atom stereocenters. The average molecular weight is 341 g/mol. The van der Waals surface area contributed by atoms with Gasteiger partial charge in [0.25, 0.3) is 0 Å². The Bertz CT molecular complexity index is 479. The topological polar surface area (TPSA) is 55.6 Å². The minimum absolute atomic E-state index is 0.142. The number of benzene rings is 1. The van der Waals surface area contributed by atoms with Crippen molar-refractivity contribution >= 4 is 21.8 Å². The molecule has 1 heterocycles. The summed E-state index contributed by atoms with van der Waals surface area (Å²) in [6, 6.07) is 6.07. The minimum atomic E-state index is 0.142. The van der Waals surface area contributed by atoms with Gasteiger partial charge >= 0.3 is 0 Å². The largest absolute Gasteiger partial charge is 0.496 e. The van der Waals surface area contributed by atoms with Crippen molar-refractivity contribution in [3.05, 3.63) is 28.2 Å². The van der Waals surface area contributed by atoms with E-state index >= 15 is 0 Å². The highest BCUT2D eigenvalue weighted by atomic mass is 79.9. The van der Waals surface area contributed by atoms with Crippen LogP contribution in [0.25, 0.3) is 0 Å². The van der Waals surface area contributed by atoms with Gasteiger partial charge in [-0.25, -0.2) is 0 Å². The number of nitrogens with two attached hydrogens (primary N) is 1. The summed E-state index contributed by atoms with van der Waals surface area (Å²) in [6.45, 7) is 1.55. The van der Waals surface area contributed by atoms with Crippen LogP contribution in [-0.2, 0) is 11.2 Å². The lowest BCUT2D eigenvalue weighted by Crippen LogP contribution is -2.45. The van der Waals surface area contributed by atoms with E-state index in [4.69, 9.17) is 10.5 Å². The van der Waals surface area contributed by atoms with Gasteiger partial charge in [-0.05, 0) is 52.9 Å². The van der Waals surface area contributed by atoms with Crippen LogP contribution in [0.3, 0.4) is 0 Å². The second-order valence-electron chi connectivity index (χ2n) is 5.21. The molecule has 1 atom stereocenters. The Morgan fingerprint density at radius 2 is 2.35 bits per heavy atom. The van der Waals surface area contributed by atoms with Crippen molar-refractivity contribution in [2.24, 2.45) is 5.73 Å². The molecule has 0 aromatic heterocycles. The lowest BCUT2D eigenvalue weighted by Gasteiger charge is -2.30. The number of aryl methyl sites for hydroxylation is 1. The predicted octanol–water partition coefficient (Wildman–Crippen LogP) is 2.34. The number of methoxy groups -OCH3 is 1. The van der Waals surface area contributed by atoms with E-state index in [-0.39, 0.29) is 11.9 Å². The van der Waals surface area contributed by atoms with Crippen LogP contribution in [0.5, 0.6) is 5.75 Å². The summed E-state index contributed by atoms with van der Waals surface area (Å²) in [5, 5.41) is 0. The summed E-state index contributed by atoms with van der Waals surface area (Å²) in [7, 11) is 1.64. The first-order chi connectivity index (χ1) is 9.60. The van der Waals surface area contributed by atoms with Crippen molar-refractivity contribution in [3.63, 3.8) is 0 Å². The van der Waals surface area contributed by atoms with Gasteiger partial charge in [0.1, 0.15) is 5.75 Å². The van der Waals surface area contributed by atoms with Gasteiger partial charge in [-0.3, -0.25) is 4.79 Å². The number of ether oxygens (including phenoxy) is 1. The van der Waals surface area contributed by atoms with E-state index in [2.05, 4.69) is 15.9 Å². The third-order valence-corrected chi connectivity index (χ3v) is 4.27. The van der Waals surface area contributed by atoms with Crippen LogP contribution < -0.4 is 10.5 Å². The molecule has 1 fully saturated rings. The molecule has 0 saturated carbocycles. The molecule has 1 aliphatic rings. The van der Waals surface area contributed by atoms with E-state index in [1.54, 1.807) is 7.11 Å². The third kappa shape index (κ3) is 3.96. The molecule has 110 valence electrons. The molecule has 0 spiro atoms. The highest BCUT2D eigenvalue weighted by Gasteiger charge is 2.20. The maximum Gasteiger partial charge on any atom is 0.222 e. The van der Waals surface area contributed by atoms with Crippen LogP contribution >= 0.6 is 15.9 Å². The molecule has 2 N–H and O–H groups in total. The van der Waals surface area contributed by atoms with Crippen LogP contribution in [0.4, 0.5) is 0 Å². The number of halogens is 1. The SMILES string of the molecule is COc1ccc(CCC(=O)N2CCCC(N)C2)cc1Br. The maximum atomic E-state index is 12.2. The van der Waals surface area contributed by atoms with E-state index in [1.807, 2.05) is 23.1 Å². The van der Waals surface area contributed by atoms with Gasteiger partial charge in [-0.1, -0.05) is 6.07 Å². The molecule has 2 rings (SSSR count). The third-order valence-electron chi connectivity index (χ3n) is 3.65. The van der Waals surface area contributed by atoms with Gasteiger partial charge < -0.3 is 15.4 Å². The number of piperidine rings is 1. The van der Waals surface area contributed by atoms with Crippen molar-refractivity contribution < 1.29 is 9.53 Å². The molecule has 5 heteroatoms. The molecule has 1 amide bonds. The van der Waals surface area contributed by atoms with Crippen molar-refractivity contribution in [1.29, 1.82) is 0 Å². The summed E-state index contributed by atoms with van der Waals surface area (Å²) >= 11 is 3.46. The second-order valence-corrected chi connectivity index (χ2v) is 6.07. The Hall–Kier alpha value is -1.07. The van der Waals surface area contributed by atoms with Crippen molar-refractivity contribution in [2.75, 3.05) is 20.2 Å². The van der Waals surface area contributed by atoms with E-state index < -0.39 is 0 Å². The fourth-order valence-electron chi connectivity index (χ4n) is 2.51. The smallest absolute Gasteiger partial charge is 0.222 e. The van der Waals surface area contributed by atoms with E-state index in [0.717, 1.165) is 41.6 Å². The Balaban J connectivity index is 1.88. The maximum absolute atomic E-state index is 12.2. The molecule has 0 radical (unpaired) electrons. The van der Waals surface area contributed by atoms with Crippen molar-refractivity contribution in [1.82, 2.24) is 4.90 Å². The zero-order valence-electron chi connectivity index (χ0n) is 11.8. The van der Waals surface area contributed by atoms with E-state index in [1.165, 1.54) is 0 Å². The number of hydrogen-bond donors (Lipinski definition) is 1. The van der Waals surface area contributed by atoms with E-state index in [9.17, 15) is 4.79 Å². The lowest BCUT2D eigenvalue weighted by atomic mass is 10.0. The van der Waals surface area contributed by atoms with E-state index in [0.29, 0.717) is 13.0 Å². The summed E-state index contributed by atoms with van der Waals surface area (Å²) in [5.41, 5.74) is 7.04. The number of likely N-dealkylation sites (tertiary alicyclic amines) is 1. The number of hydrogen-bond acceptors (Lipinski definition) is 3. The zero-order valence-corrected chi connectivity index (χ0v) is 13.4. The minimum Gasteiger partial charge on any atom is -0.496 e. The quantitative estimate of drug-likeness (QED) is 0.915. The molecule has 1 saturated heterocycles. The Morgan fingerprint density at radius 3 is 3.00 bits per heavy atom. The molecule has 20 heavy (non-hydrogen) atoms. The fourth-order valence-corrected chi connectivity index (χ4v) is 3.10. The monoisotopic (exact) mass is 340 g/mol. The number of carbonyl (C=O) groups is 1. The standard InChI is InChI=1S/C15H21BrN2O2/c1-20-14-6-4-11(9-13(14)16)5-7-15(19)18-8-2-3-12(17)10-18/h4,6,9,12H,2-3,5,7-8,10,17H2,1H3. The number of rotatable bonds is 4. The zero-order chi connectivity index (χ0) is 14.5. The summed E-state index contributed by atoms with van der Waals surface area (Å²) < 4.78 is 6.12. The molecule has 1 aromatic rings. The Labute approximate surface area is 128 Å². The highest BCUT2D eigenvalue weighted by Crippen LogP contribution is 2.26. The van der Waals surface area contributed by atoms with Crippen LogP contribution in [0, 0.1) is 0 Å². The van der Waals surface area contributed by atoms with Crippen LogP contribution in [-0.4, -0.2) is 37.0 Å². The molecule has 4 nitrogen and oxygen atoms in total.